The van der Waals surface area contributed by atoms with E-state index in [1.165, 1.54) is 24.7 Å². The van der Waals surface area contributed by atoms with Gasteiger partial charge in [0.25, 0.3) is 0 Å². The summed E-state index contributed by atoms with van der Waals surface area (Å²) < 4.78 is 10.8. The van der Waals surface area contributed by atoms with Crippen molar-refractivity contribution in [3.05, 3.63) is 71.1 Å². The van der Waals surface area contributed by atoms with E-state index >= 15 is 0 Å². The quantitative estimate of drug-likeness (QED) is 0.488. The summed E-state index contributed by atoms with van der Waals surface area (Å²) >= 11 is 1.52. The first-order valence-electron chi connectivity index (χ1n) is 8.15. The van der Waals surface area contributed by atoms with E-state index in [0.717, 1.165) is 21.0 Å². The number of thiazole rings is 1. The summed E-state index contributed by atoms with van der Waals surface area (Å²) in [4.78, 5) is 21.1. The van der Waals surface area contributed by atoms with E-state index in [0.29, 0.717) is 11.4 Å². The molecule has 0 atom stereocenters. The molecule has 1 aromatic carbocycles. The van der Waals surface area contributed by atoms with E-state index < -0.39 is 5.97 Å². The van der Waals surface area contributed by atoms with Crippen LogP contribution in [0.25, 0.3) is 16.1 Å². The Morgan fingerprint density at radius 2 is 2.07 bits per heavy atom. The lowest BCUT2D eigenvalue weighted by Crippen LogP contribution is -2.06. The maximum absolute atomic E-state index is 11.5. The zero-order chi connectivity index (χ0) is 19.2. The molecule has 0 spiro atoms. The normalized spacial score (nSPS) is 11.3. The molecule has 2 aromatic heterocycles. The first kappa shape index (κ1) is 18.6. The number of methoxy groups -OCH3 is 1. The number of nitrogens with zero attached hydrogens (tertiary/aromatic N) is 2. The Hall–Kier alpha value is -3.19. The van der Waals surface area contributed by atoms with Gasteiger partial charge in [0.15, 0.2) is 0 Å². The lowest BCUT2D eigenvalue weighted by Gasteiger charge is -2.11. The molecule has 6 nitrogen and oxygen atoms in total. The number of rotatable bonds is 7. The van der Waals surface area contributed by atoms with Crippen LogP contribution >= 0.6 is 11.3 Å². The lowest BCUT2D eigenvalue weighted by atomic mass is 10.0. The van der Waals surface area contributed by atoms with E-state index in [9.17, 15) is 9.90 Å². The van der Waals surface area contributed by atoms with Crippen molar-refractivity contribution in [2.24, 2.45) is 0 Å². The largest absolute Gasteiger partial charge is 0.503 e. The number of carboxylic acids is 1. The summed E-state index contributed by atoms with van der Waals surface area (Å²) in [6.45, 7) is 2.13. The minimum Gasteiger partial charge on any atom is -0.503 e. The summed E-state index contributed by atoms with van der Waals surface area (Å²) in [5.74, 6) is -0.533. The molecule has 27 heavy (non-hydrogen) atoms. The molecule has 138 valence electrons. The fourth-order valence-electron chi connectivity index (χ4n) is 2.53. The van der Waals surface area contributed by atoms with Crippen LogP contribution in [-0.4, -0.2) is 28.2 Å². The first-order valence-corrected chi connectivity index (χ1v) is 8.97. The molecule has 0 aliphatic carbocycles. The number of benzene rings is 1. The molecule has 0 saturated carbocycles. The highest BCUT2D eigenvalue weighted by molar-refractivity contribution is 7.15. The van der Waals surface area contributed by atoms with Gasteiger partial charge in [-0.2, -0.15) is 0 Å². The maximum atomic E-state index is 11.5. The highest BCUT2D eigenvalue weighted by atomic mass is 32.1. The Morgan fingerprint density at radius 1 is 1.26 bits per heavy atom. The second-order valence-corrected chi connectivity index (χ2v) is 6.84. The Morgan fingerprint density at radius 3 is 2.78 bits per heavy atom. The van der Waals surface area contributed by atoms with Gasteiger partial charge in [0.2, 0.25) is 5.88 Å². The molecule has 1 N–H and O–H groups in total. The molecule has 7 heteroatoms. The monoisotopic (exact) mass is 382 g/mol. The van der Waals surface area contributed by atoms with Gasteiger partial charge in [0, 0.05) is 18.0 Å². The van der Waals surface area contributed by atoms with Gasteiger partial charge in [-0.05, 0) is 30.2 Å². The van der Waals surface area contributed by atoms with Crippen molar-refractivity contribution in [1.82, 2.24) is 9.97 Å². The van der Waals surface area contributed by atoms with Gasteiger partial charge < -0.3 is 14.6 Å². The van der Waals surface area contributed by atoms with Crippen LogP contribution in [0.3, 0.4) is 0 Å². The van der Waals surface area contributed by atoms with Gasteiger partial charge in [-0.1, -0.05) is 24.3 Å². The number of aliphatic carboxylic acids is 1. The highest BCUT2D eigenvalue weighted by Crippen LogP contribution is 2.32. The number of carbonyl (C=O) groups is 1. The predicted molar refractivity (Wildman–Crippen MR) is 103 cm³/mol. The second-order valence-electron chi connectivity index (χ2n) is 5.64. The van der Waals surface area contributed by atoms with E-state index in [-0.39, 0.29) is 12.2 Å². The Bertz CT molecular complexity index is 967. The van der Waals surface area contributed by atoms with Crippen LogP contribution in [0.4, 0.5) is 0 Å². The first-order chi connectivity index (χ1) is 13.1. The van der Waals surface area contributed by atoms with Crippen molar-refractivity contribution >= 4 is 22.9 Å². The second kappa shape index (κ2) is 8.46. The fourth-order valence-corrected chi connectivity index (χ4v) is 3.38. The zero-order valence-electron chi connectivity index (χ0n) is 14.9. The molecular weight excluding hydrogens is 364 g/mol. The summed E-state index contributed by atoms with van der Waals surface area (Å²) in [5.41, 5.74) is 2.28. The third-order valence-electron chi connectivity index (χ3n) is 3.80. The maximum Gasteiger partial charge on any atom is 0.339 e. The summed E-state index contributed by atoms with van der Waals surface area (Å²) in [6.07, 6.45) is 4.69. The molecule has 0 radical (unpaired) electrons. The number of pyridine rings is 1. The van der Waals surface area contributed by atoms with Gasteiger partial charge in [-0.3, -0.25) is 4.98 Å². The van der Waals surface area contributed by atoms with Gasteiger partial charge in [-0.15, -0.1) is 11.3 Å². The van der Waals surface area contributed by atoms with Crippen molar-refractivity contribution in [2.75, 3.05) is 7.11 Å². The number of hydrogen-bond acceptors (Lipinski definition) is 6. The lowest BCUT2D eigenvalue weighted by molar-refractivity contribution is -0.130. The molecule has 3 aromatic rings. The summed E-state index contributed by atoms with van der Waals surface area (Å²) in [7, 11) is 1.42. The Balaban J connectivity index is 1.83. The van der Waals surface area contributed by atoms with Crippen LogP contribution in [0.2, 0.25) is 0 Å². The van der Waals surface area contributed by atoms with Crippen LogP contribution in [0, 0.1) is 6.92 Å². The zero-order valence-corrected chi connectivity index (χ0v) is 15.7. The van der Waals surface area contributed by atoms with Crippen LogP contribution in [-0.2, 0) is 16.1 Å². The van der Waals surface area contributed by atoms with E-state index in [4.69, 9.17) is 9.47 Å². The Labute approximate surface area is 160 Å². The fraction of sp³-hybridized carbons (Fsp3) is 0.150. The summed E-state index contributed by atoms with van der Waals surface area (Å²) in [5, 5.41) is 10.3. The highest BCUT2D eigenvalue weighted by Gasteiger charge is 2.16. The molecule has 0 aliphatic rings. The molecule has 0 unspecified atom stereocenters. The number of carboxylic acid groups (broad SMARTS) is 1. The van der Waals surface area contributed by atoms with Crippen molar-refractivity contribution in [2.45, 2.75) is 13.5 Å². The molecule has 0 amide bonds. The molecule has 0 bridgehead atoms. The van der Waals surface area contributed by atoms with Crippen molar-refractivity contribution < 1.29 is 19.4 Å². The van der Waals surface area contributed by atoms with Gasteiger partial charge in [0.1, 0.15) is 17.2 Å². The number of hydrogen-bond donors (Lipinski definition) is 1. The molecule has 2 heterocycles. The van der Waals surface area contributed by atoms with Crippen LogP contribution in [0.5, 0.6) is 5.88 Å². The number of ether oxygens (including phenoxy) is 2. The minimum absolute atomic E-state index is 0.0720. The molecule has 0 saturated heterocycles. The average Bonchev–Trinajstić information content (AvgIpc) is 3.06. The van der Waals surface area contributed by atoms with Crippen molar-refractivity contribution in [1.29, 1.82) is 0 Å². The van der Waals surface area contributed by atoms with Gasteiger partial charge in [0.05, 0.1) is 18.2 Å². The number of aryl methyl sites for hydroxylation is 1. The van der Waals surface area contributed by atoms with E-state index in [1.807, 2.05) is 31.2 Å². The van der Waals surface area contributed by atoms with E-state index in [2.05, 4.69) is 9.97 Å². The van der Waals surface area contributed by atoms with Crippen LogP contribution in [0.1, 0.15) is 16.0 Å². The standard InChI is InChI=1S/C20H18N2O4S/c1-13-18(22-19(27-13)14-7-5-9-21-10-14)26-11-15-6-3-4-8-16(15)17(12-25-2)20(23)24/h3-10,12H,11H2,1-2H3,(H,23,24)/b17-12+. The number of aromatic nitrogens is 2. The van der Waals surface area contributed by atoms with Crippen molar-refractivity contribution in [3.63, 3.8) is 0 Å². The summed E-state index contributed by atoms with van der Waals surface area (Å²) in [6, 6.07) is 11.0. The van der Waals surface area contributed by atoms with Crippen molar-refractivity contribution in [3.8, 4) is 16.5 Å². The molecule has 0 aliphatic heterocycles. The Kier molecular flexibility index (Phi) is 5.83. The molecule has 0 fully saturated rings. The predicted octanol–water partition coefficient (Wildman–Crippen LogP) is 4.16. The average molecular weight is 382 g/mol. The van der Waals surface area contributed by atoms with Crippen LogP contribution in [0.15, 0.2) is 55.1 Å². The molecule has 3 rings (SSSR count). The minimum atomic E-state index is -1.06. The SMILES string of the molecule is CO/C=C(/C(=O)O)c1ccccc1COc1nc(-c2cccnc2)sc1C. The van der Waals surface area contributed by atoms with Gasteiger partial charge in [-0.25, -0.2) is 9.78 Å². The van der Waals surface area contributed by atoms with Crippen LogP contribution < -0.4 is 4.74 Å². The smallest absolute Gasteiger partial charge is 0.339 e. The molecular formula is C20H18N2O4S. The topological polar surface area (TPSA) is 81.5 Å². The van der Waals surface area contributed by atoms with E-state index in [1.54, 1.807) is 24.5 Å². The third-order valence-corrected chi connectivity index (χ3v) is 4.80. The third kappa shape index (κ3) is 4.32. The van der Waals surface area contributed by atoms with Gasteiger partial charge >= 0.3 is 5.97 Å².